The molecule has 0 radical (unpaired) electrons. The van der Waals surface area contributed by atoms with Crippen molar-refractivity contribution < 1.29 is 23.1 Å². The number of carboxylic acid groups (broad SMARTS) is 1. The van der Waals surface area contributed by atoms with Gasteiger partial charge in [0.05, 0.1) is 15.6 Å². The van der Waals surface area contributed by atoms with E-state index in [2.05, 4.69) is 5.32 Å². The number of anilines is 2. The molecule has 0 saturated carbocycles. The van der Waals surface area contributed by atoms with Crippen LogP contribution < -0.4 is 9.62 Å². The highest BCUT2D eigenvalue weighted by Gasteiger charge is 2.34. The summed E-state index contributed by atoms with van der Waals surface area (Å²) < 4.78 is 27.0. The summed E-state index contributed by atoms with van der Waals surface area (Å²) in [4.78, 5) is 22.5. The summed E-state index contributed by atoms with van der Waals surface area (Å²) in [6.45, 7) is 2.55. The lowest BCUT2D eigenvalue weighted by Gasteiger charge is -2.29. The molecule has 144 valence electrons. The first kappa shape index (κ1) is 21.0. The fourth-order valence-corrected chi connectivity index (χ4v) is 4.38. The Bertz CT molecular complexity index is 977. The van der Waals surface area contributed by atoms with Gasteiger partial charge in [-0.15, -0.1) is 0 Å². The lowest BCUT2D eigenvalue weighted by molar-refractivity contribution is -0.137. The average molecular weight is 431 g/mol. The summed E-state index contributed by atoms with van der Waals surface area (Å²) in [6.07, 6.45) is 0. The summed E-state index contributed by atoms with van der Waals surface area (Å²) in [5, 5.41) is 12.2. The van der Waals surface area contributed by atoms with Gasteiger partial charge in [0.1, 0.15) is 6.04 Å². The van der Waals surface area contributed by atoms with Crippen LogP contribution in [0.1, 0.15) is 13.8 Å². The van der Waals surface area contributed by atoms with Crippen molar-refractivity contribution in [2.24, 2.45) is 0 Å². The third-order valence-corrected chi connectivity index (χ3v) is 6.04. The third-order valence-electron chi connectivity index (χ3n) is 3.59. The van der Waals surface area contributed by atoms with Crippen LogP contribution >= 0.6 is 23.2 Å². The molecule has 2 N–H and O–H groups in total. The molecule has 1 atom stereocenters. The van der Waals surface area contributed by atoms with Crippen LogP contribution in [-0.4, -0.2) is 31.4 Å². The minimum absolute atomic E-state index is 0.0333. The second-order valence-corrected chi connectivity index (χ2v) is 8.27. The number of hydrogen-bond acceptors (Lipinski definition) is 4. The quantitative estimate of drug-likeness (QED) is 0.727. The molecule has 0 bridgehead atoms. The number of amides is 1. The Hall–Kier alpha value is -2.29. The highest BCUT2D eigenvalue weighted by Crippen LogP contribution is 2.34. The molecule has 2 rings (SSSR count). The first-order valence-corrected chi connectivity index (χ1v) is 9.83. The first-order valence-electron chi connectivity index (χ1n) is 7.64. The lowest BCUT2D eigenvalue weighted by atomic mass is 10.2. The summed E-state index contributed by atoms with van der Waals surface area (Å²) in [5.74, 6) is -1.66. The van der Waals surface area contributed by atoms with Gasteiger partial charge in [-0.2, -0.15) is 0 Å². The molecule has 0 spiro atoms. The second-order valence-electron chi connectivity index (χ2n) is 5.62. The second kappa shape index (κ2) is 8.16. The molecule has 2 aromatic carbocycles. The molecule has 1 amide bonds. The number of nitrogens with zero attached hydrogens (tertiary/aromatic N) is 1. The van der Waals surface area contributed by atoms with Gasteiger partial charge in [-0.05, 0) is 49.4 Å². The van der Waals surface area contributed by atoms with E-state index in [0.717, 1.165) is 0 Å². The molecular formula is C17H16Cl2N2O5S. The standard InChI is InChI=1S/C17H16Cl2N2O5S/c1-10(17(23)24)21(16-9-12(18)3-8-15(16)19)27(25,26)14-6-4-13(5-7-14)20-11(2)22/h3-10H,1-2H3,(H,20,22)(H,23,24). The predicted molar refractivity (Wildman–Crippen MR) is 104 cm³/mol. The largest absolute Gasteiger partial charge is 0.480 e. The Kier molecular flexibility index (Phi) is 6.35. The van der Waals surface area contributed by atoms with Gasteiger partial charge in [0, 0.05) is 17.6 Å². The Morgan fingerprint density at radius 3 is 2.22 bits per heavy atom. The Labute approximate surface area is 166 Å². The SMILES string of the molecule is CC(=O)Nc1ccc(S(=O)(=O)N(c2cc(Cl)ccc2Cl)C(C)C(=O)O)cc1. The van der Waals surface area contributed by atoms with E-state index >= 15 is 0 Å². The van der Waals surface area contributed by atoms with Crippen LogP contribution in [0.3, 0.4) is 0 Å². The van der Waals surface area contributed by atoms with E-state index in [9.17, 15) is 23.1 Å². The molecule has 0 aliphatic heterocycles. The molecule has 2 aromatic rings. The first-order chi connectivity index (χ1) is 12.5. The molecule has 0 aliphatic carbocycles. The monoisotopic (exact) mass is 430 g/mol. The van der Waals surface area contributed by atoms with Gasteiger partial charge < -0.3 is 10.4 Å². The van der Waals surface area contributed by atoms with Crippen molar-refractivity contribution in [2.45, 2.75) is 24.8 Å². The number of halogens is 2. The number of sulfonamides is 1. The zero-order valence-corrected chi connectivity index (χ0v) is 16.6. The lowest BCUT2D eigenvalue weighted by Crippen LogP contribution is -2.43. The number of carbonyl (C=O) groups is 2. The summed E-state index contributed by atoms with van der Waals surface area (Å²) in [5.41, 5.74) is 0.352. The number of benzene rings is 2. The van der Waals surface area contributed by atoms with Crippen molar-refractivity contribution in [3.05, 3.63) is 52.5 Å². The van der Waals surface area contributed by atoms with Crippen LogP contribution in [0.15, 0.2) is 47.4 Å². The van der Waals surface area contributed by atoms with Crippen LogP contribution in [0.5, 0.6) is 0 Å². The Morgan fingerprint density at radius 1 is 1.11 bits per heavy atom. The van der Waals surface area contributed by atoms with Crippen LogP contribution in [0.25, 0.3) is 0 Å². The molecule has 0 saturated heterocycles. The summed E-state index contributed by atoms with van der Waals surface area (Å²) >= 11 is 12.1. The van der Waals surface area contributed by atoms with Crippen LogP contribution in [0.2, 0.25) is 10.0 Å². The van der Waals surface area contributed by atoms with Gasteiger partial charge >= 0.3 is 5.97 Å². The van der Waals surface area contributed by atoms with Crippen LogP contribution in [0.4, 0.5) is 11.4 Å². The maximum Gasteiger partial charge on any atom is 0.327 e. The molecular weight excluding hydrogens is 415 g/mol. The minimum atomic E-state index is -4.29. The highest BCUT2D eigenvalue weighted by atomic mass is 35.5. The predicted octanol–water partition coefficient (Wildman–Crippen LogP) is 3.62. The molecule has 7 nitrogen and oxygen atoms in total. The molecule has 0 aliphatic rings. The van der Waals surface area contributed by atoms with E-state index in [-0.39, 0.29) is 26.5 Å². The Morgan fingerprint density at radius 2 is 1.70 bits per heavy atom. The molecule has 0 aromatic heterocycles. The van der Waals surface area contributed by atoms with Crippen molar-refractivity contribution in [1.82, 2.24) is 0 Å². The van der Waals surface area contributed by atoms with Gasteiger partial charge in [0.2, 0.25) is 5.91 Å². The molecule has 1 unspecified atom stereocenters. The van der Waals surface area contributed by atoms with Crippen molar-refractivity contribution >= 4 is 56.5 Å². The molecule has 0 heterocycles. The van der Waals surface area contributed by atoms with E-state index in [1.165, 1.54) is 56.3 Å². The number of nitrogens with one attached hydrogen (secondary N) is 1. The van der Waals surface area contributed by atoms with Gasteiger partial charge in [-0.3, -0.25) is 9.10 Å². The molecule has 27 heavy (non-hydrogen) atoms. The average Bonchev–Trinajstić information content (AvgIpc) is 2.57. The maximum absolute atomic E-state index is 13.1. The van der Waals surface area contributed by atoms with Gasteiger partial charge in [-0.1, -0.05) is 23.2 Å². The third kappa shape index (κ3) is 4.71. The Balaban J connectivity index is 2.58. The number of carboxylic acids is 1. The summed E-state index contributed by atoms with van der Waals surface area (Å²) in [7, 11) is -4.29. The van der Waals surface area contributed by atoms with E-state index in [1.807, 2.05) is 0 Å². The number of hydrogen-bond donors (Lipinski definition) is 2. The highest BCUT2D eigenvalue weighted by molar-refractivity contribution is 7.93. The van der Waals surface area contributed by atoms with E-state index < -0.39 is 22.0 Å². The fraction of sp³-hybridized carbons (Fsp3) is 0.176. The van der Waals surface area contributed by atoms with Crippen molar-refractivity contribution in [1.29, 1.82) is 0 Å². The zero-order valence-electron chi connectivity index (χ0n) is 14.3. The van der Waals surface area contributed by atoms with E-state index in [4.69, 9.17) is 23.2 Å². The topological polar surface area (TPSA) is 104 Å². The van der Waals surface area contributed by atoms with E-state index in [0.29, 0.717) is 9.99 Å². The van der Waals surface area contributed by atoms with Crippen LogP contribution in [0, 0.1) is 0 Å². The van der Waals surface area contributed by atoms with Gasteiger partial charge in [0.25, 0.3) is 10.0 Å². The van der Waals surface area contributed by atoms with Crippen molar-refractivity contribution in [2.75, 3.05) is 9.62 Å². The zero-order chi connectivity index (χ0) is 20.4. The van der Waals surface area contributed by atoms with Crippen molar-refractivity contribution in [3.63, 3.8) is 0 Å². The normalized spacial score (nSPS) is 12.3. The molecule has 0 fully saturated rings. The number of rotatable bonds is 6. The fourth-order valence-electron chi connectivity index (χ4n) is 2.33. The van der Waals surface area contributed by atoms with Gasteiger partial charge in [-0.25, -0.2) is 13.2 Å². The maximum atomic E-state index is 13.1. The van der Waals surface area contributed by atoms with E-state index in [1.54, 1.807) is 0 Å². The van der Waals surface area contributed by atoms with Crippen LogP contribution in [-0.2, 0) is 19.6 Å². The number of carbonyl (C=O) groups excluding carboxylic acids is 1. The minimum Gasteiger partial charge on any atom is -0.480 e. The molecule has 10 heteroatoms. The summed E-state index contributed by atoms with van der Waals surface area (Å²) in [6, 6.07) is 8.02. The van der Waals surface area contributed by atoms with Gasteiger partial charge in [0.15, 0.2) is 0 Å². The van der Waals surface area contributed by atoms with Crippen molar-refractivity contribution in [3.8, 4) is 0 Å². The smallest absolute Gasteiger partial charge is 0.327 e. The number of aliphatic carboxylic acids is 1.